The SMILES string of the molecule is O=C1C[C@@H]2OC(=O)[C@@H]3CC[C@@]4(CCCO4)[C@H]1[C@H]23. The van der Waals surface area contributed by atoms with Crippen molar-refractivity contribution < 1.29 is 19.1 Å². The van der Waals surface area contributed by atoms with E-state index in [1.54, 1.807) is 0 Å². The number of ketones is 1. The quantitative estimate of drug-likeness (QED) is 0.590. The van der Waals surface area contributed by atoms with Gasteiger partial charge in [0.2, 0.25) is 0 Å². The first kappa shape index (κ1) is 10.1. The molecule has 4 nitrogen and oxygen atoms in total. The summed E-state index contributed by atoms with van der Waals surface area (Å²) in [5.41, 5.74) is -0.249. The summed E-state index contributed by atoms with van der Waals surface area (Å²) in [6, 6.07) is 0. The van der Waals surface area contributed by atoms with Gasteiger partial charge in [-0.25, -0.2) is 0 Å². The molecule has 0 N–H and O–H groups in total. The molecule has 2 aliphatic carbocycles. The van der Waals surface area contributed by atoms with Gasteiger partial charge in [-0.05, 0) is 25.7 Å². The standard InChI is InChI=1S/C13H16O4/c14-8-6-9-10-7(12(15)17-9)2-4-13(11(8)10)3-1-5-16-13/h7,9-11H,1-6H2/t7-,9+,10+,11-,13+/m1/s1. The van der Waals surface area contributed by atoms with Gasteiger partial charge in [0, 0.05) is 18.9 Å². The number of Topliss-reactive ketones (excluding diaryl/α,β-unsaturated/α-hetero) is 1. The molecule has 0 radical (unpaired) electrons. The third-order valence-corrected chi connectivity index (χ3v) is 5.18. The summed E-state index contributed by atoms with van der Waals surface area (Å²) in [6.07, 6.45) is 3.99. The summed E-state index contributed by atoms with van der Waals surface area (Å²) in [5, 5.41) is 0. The van der Waals surface area contributed by atoms with Gasteiger partial charge in [-0.15, -0.1) is 0 Å². The molecule has 2 saturated heterocycles. The monoisotopic (exact) mass is 236 g/mol. The van der Waals surface area contributed by atoms with Crippen LogP contribution in [0.1, 0.15) is 32.1 Å². The molecule has 0 bridgehead atoms. The van der Waals surface area contributed by atoms with Crippen LogP contribution in [-0.4, -0.2) is 30.1 Å². The lowest BCUT2D eigenvalue weighted by Gasteiger charge is -2.42. The first-order chi connectivity index (χ1) is 8.21. The fourth-order valence-electron chi connectivity index (χ4n) is 4.57. The third kappa shape index (κ3) is 1.12. The molecule has 17 heavy (non-hydrogen) atoms. The Labute approximate surface area is 99.6 Å². The number of fused-ring (bicyclic) bond motifs is 1. The maximum absolute atomic E-state index is 12.2. The van der Waals surface area contributed by atoms with E-state index in [1.165, 1.54) is 0 Å². The highest BCUT2D eigenvalue weighted by Crippen LogP contribution is 2.57. The second-order valence-corrected chi connectivity index (χ2v) is 5.86. The average molecular weight is 236 g/mol. The van der Waals surface area contributed by atoms with E-state index in [0.717, 1.165) is 32.3 Å². The number of hydrogen-bond donors (Lipinski definition) is 0. The van der Waals surface area contributed by atoms with Crippen molar-refractivity contribution in [3.8, 4) is 0 Å². The fourth-order valence-corrected chi connectivity index (χ4v) is 4.57. The molecule has 2 aliphatic heterocycles. The van der Waals surface area contributed by atoms with Gasteiger partial charge >= 0.3 is 5.97 Å². The van der Waals surface area contributed by atoms with Gasteiger partial charge in [0.25, 0.3) is 0 Å². The maximum atomic E-state index is 12.2. The minimum Gasteiger partial charge on any atom is -0.461 e. The summed E-state index contributed by atoms with van der Waals surface area (Å²) < 4.78 is 11.3. The Hall–Kier alpha value is -0.900. The first-order valence-corrected chi connectivity index (χ1v) is 6.58. The van der Waals surface area contributed by atoms with Crippen LogP contribution in [0.15, 0.2) is 0 Å². The Morgan fingerprint density at radius 1 is 1.24 bits per heavy atom. The molecule has 1 spiro atoms. The van der Waals surface area contributed by atoms with Crippen LogP contribution in [0.2, 0.25) is 0 Å². The van der Waals surface area contributed by atoms with Crippen LogP contribution in [0.25, 0.3) is 0 Å². The Balaban J connectivity index is 1.77. The minimum atomic E-state index is -0.249. The van der Waals surface area contributed by atoms with Crippen molar-refractivity contribution in [3.63, 3.8) is 0 Å². The van der Waals surface area contributed by atoms with Crippen LogP contribution in [0.4, 0.5) is 0 Å². The molecule has 0 aromatic carbocycles. The van der Waals surface area contributed by atoms with E-state index < -0.39 is 0 Å². The zero-order chi connectivity index (χ0) is 11.6. The van der Waals surface area contributed by atoms with E-state index in [2.05, 4.69) is 0 Å². The van der Waals surface area contributed by atoms with E-state index in [1.807, 2.05) is 0 Å². The highest BCUT2D eigenvalue weighted by atomic mass is 16.6. The van der Waals surface area contributed by atoms with Crippen molar-refractivity contribution >= 4 is 11.8 Å². The van der Waals surface area contributed by atoms with Crippen LogP contribution >= 0.6 is 0 Å². The first-order valence-electron chi connectivity index (χ1n) is 6.58. The highest BCUT2D eigenvalue weighted by molar-refractivity contribution is 5.90. The van der Waals surface area contributed by atoms with Crippen molar-refractivity contribution in [3.05, 3.63) is 0 Å². The van der Waals surface area contributed by atoms with Crippen LogP contribution < -0.4 is 0 Å². The van der Waals surface area contributed by atoms with E-state index in [4.69, 9.17) is 9.47 Å². The van der Waals surface area contributed by atoms with Crippen molar-refractivity contribution in [1.29, 1.82) is 0 Å². The number of carbonyl (C=O) groups is 2. The molecule has 2 saturated carbocycles. The molecule has 92 valence electrons. The molecule has 4 heteroatoms. The summed E-state index contributed by atoms with van der Waals surface area (Å²) in [7, 11) is 0. The highest BCUT2D eigenvalue weighted by Gasteiger charge is 2.65. The van der Waals surface area contributed by atoms with Gasteiger partial charge in [-0.3, -0.25) is 9.59 Å². The number of esters is 1. The summed E-state index contributed by atoms with van der Waals surface area (Å²) in [5.74, 6) is 0.192. The van der Waals surface area contributed by atoms with Crippen molar-refractivity contribution in [2.75, 3.05) is 6.61 Å². The minimum absolute atomic E-state index is 0.0359. The molecular formula is C13H16O4. The molecule has 0 aromatic heterocycles. The second kappa shape index (κ2) is 3.10. The van der Waals surface area contributed by atoms with Crippen LogP contribution in [0.5, 0.6) is 0 Å². The Morgan fingerprint density at radius 3 is 2.88 bits per heavy atom. The van der Waals surface area contributed by atoms with Gasteiger partial charge in [0.05, 0.1) is 17.4 Å². The molecule has 4 rings (SSSR count). The van der Waals surface area contributed by atoms with Gasteiger partial charge in [0.15, 0.2) is 0 Å². The van der Waals surface area contributed by atoms with Crippen molar-refractivity contribution in [2.45, 2.75) is 43.8 Å². The van der Waals surface area contributed by atoms with E-state index in [0.29, 0.717) is 6.42 Å². The fraction of sp³-hybridized carbons (Fsp3) is 0.846. The molecular weight excluding hydrogens is 220 g/mol. The predicted molar refractivity (Wildman–Crippen MR) is 57.1 cm³/mol. The van der Waals surface area contributed by atoms with Crippen molar-refractivity contribution in [1.82, 2.24) is 0 Å². The lowest BCUT2D eigenvalue weighted by atomic mass is 9.65. The third-order valence-electron chi connectivity index (χ3n) is 5.18. The van der Waals surface area contributed by atoms with Gasteiger partial charge in [0.1, 0.15) is 11.9 Å². The molecule has 0 aromatic rings. The number of carbonyl (C=O) groups excluding carboxylic acids is 2. The molecule has 4 aliphatic rings. The van der Waals surface area contributed by atoms with E-state index in [-0.39, 0.29) is 41.2 Å². The molecule has 2 heterocycles. The summed E-state index contributed by atoms with van der Waals surface area (Å²) in [6.45, 7) is 0.765. The zero-order valence-corrected chi connectivity index (χ0v) is 9.69. The molecule has 5 atom stereocenters. The zero-order valence-electron chi connectivity index (χ0n) is 9.69. The smallest absolute Gasteiger partial charge is 0.309 e. The van der Waals surface area contributed by atoms with Crippen molar-refractivity contribution in [2.24, 2.45) is 17.8 Å². The maximum Gasteiger partial charge on any atom is 0.309 e. The van der Waals surface area contributed by atoms with Gasteiger partial charge in [-0.2, -0.15) is 0 Å². The van der Waals surface area contributed by atoms with E-state index in [9.17, 15) is 9.59 Å². The Bertz CT molecular complexity index is 396. The van der Waals surface area contributed by atoms with Gasteiger partial charge in [-0.1, -0.05) is 0 Å². The largest absolute Gasteiger partial charge is 0.461 e. The molecule has 4 fully saturated rings. The van der Waals surface area contributed by atoms with Crippen LogP contribution in [0, 0.1) is 17.8 Å². The Kier molecular flexibility index (Phi) is 1.84. The summed E-state index contributed by atoms with van der Waals surface area (Å²) in [4.78, 5) is 23.9. The number of rotatable bonds is 0. The average Bonchev–Trinajstić information content (AvgIpc) is 2.93. The number of hydrogen-bond acceptors (Lipinski definition) is 4. The predicted octanol–water partition coefficient (Wildman–Crippen LogP) is 1.08. The van der Waals surface area contributed by atoms with Crippen LogP contribution in [-0.2, 0) is 19.1 Å². The lowest BCUT2D eigenvalue weighted by Crippen LogP contribution is -2.49. The van der Waals surface area contributed by atoms with Gasteiger partial charge < -0.3 is 9.47 Å². The Morgan fingerprint density at radius 2 is 2.12 bits per heavy atom. The topological polar surface area (TPSA) is 52.6 Å². The number of ether oxygens (including phenoxy) is 2. The second-order valence-electron chi connectivity index (χ2n) is 5.86. The summed E-state index contributed by atoms with van der Waals surface area (Å²) >= 11 is 0. The molecule has 0 unspecified atom stereocenters. The lowest BCUT2D eigenvalue weighted by molar-refractivity contribution is -0.150. The van der Waals surface area contributed by atoms with E-state index >= 15 is 0 Å². The normalized spacial score (nSPS) is 52.0. The molecule has 0 amide bonds. The van der Waals surface area contributed by atoms with Crippen LogP contribution in [0.3, 0.4) is 0 Å².